The van der Waals surface area contributed by atoms with E-state index in [0.29, 0.717) is 0 Å². The fraction of sp³-hybridized carbons (Fsp3) is 0.500. The Morgan fingerprint density at radius 2 is 2.00 bits per heavy atom. The van der Waals surface area contributed by atoms with E-state index >= 15 is 0 Å². The lowest BCUT2D eigenvalue weighted by Crippen LogP contribution is -2.20. The number of hydrogen-bond acceptors (Lipinski definition) is 1. The van der Waals surface area contributed by atoms with Crippen LogP contribution in [0.15, 0.2) is 12.1 Å². The Morgan fingerprint density at radius 3 is 2.71 bits per heavy atom. The summed E-state index contributed by atoms with van der Waals surface area (Å²) in [6, 6.07) is 4.19. The van der Waals surface area contributed by atoms with Crippen molar-refractivity contribution < 1.29 is 0 Å². The van der Waals surface area contributed by atoms with Gasteiger partial charge in [-0.2, -0.15) is 0 Å². The molecule has 0 spiro atoms. The fourth-order valence-electron chi connectivity index (χ4n) is 2.52. The van der Waals surface area contributed by atoms with E-state index in [1.54, 1.807) is 0 Å². The van der Waals surface area contributed by atoms with Crippen LogP contribution in [-0.2, 0) is 18.4 Å². The standard InChI is InChI=1S/C12H14ClN/c13-9-6-8-2-1-3-10(8)11(7-9)12(14)4-5-12/h6-7H,1-5,14H2. The van der Waals surface area contributed by atoms with Crippen LogP contribution in [-0.4, -0.2) is 0 Å². The molecule has 0 atom stereocenters. The molecule has 3 rings (SSSR count). The average Bonchev–Trinajstić information content (AvgIpc) is 2.74. The zero-order valence-electron chi connectivity index (χ0n) is 8.15. The molecule has 74 valence electrons. The van der Waals surface area contributed by atoms with Crippen LogP contribution in [0.3, 0.4) is 0 Å². The van der Waals surface area contributed by atoms with Gasteiger partial charge in [-0.25, -0.2) is 0 Å². The Kier molecular flexibility index (Phi) is 1.71. The maximum Gasteiger partial charge on any atom is 0.0414 e. The maximum absolute atomic E-state index is 6.25. The molecular formula is C12H14ClN. The lowest BCUT2D eigenvalue weighted by atomic mass is 9.96. The summed E-state index contributed by atoms with van der Waals surface area (Å²) in [7, 11) is 0. The van der Waals surface area contributed by atoms with Crippen molar-refractivity contribution in [3.8, 4) is 0 Å². The first-order chi connectivity index (χ1) is 6.69. The summed E-state index contributed by atoms with van der Waals surface area (Å²) < 4.78 is 0. The van der Waals surface area contributed by atoms with E-state index in [4.69, 9.17) is 17.3 Å². The first-order valence-electron chi connectivity index (χ1n) is 5.30. The quantitative estimate of drug-likeness (QED) is 0.753. The van der Waals surface area contributed by atoms with Gasteiger partial charge in [-0.1, -0.05) is 11.6 Å². The van der Waals surface area contributed by atoms with Crippen LogP contribution in [0.2, 0.25) is 5.02 Å². The van der Waals surface area contributed by atoms with Crippen LogP contribution in [0.5, 0.6) is 0 Å². The van der Waals surface area contributed by atoms with Gasteiger partial charge in [-0.05, 0) is 60.9 Å². The first kappa shape index (κ1) is 8.75. The average molecular weight is 208 g/mol. The van der Waals surface area contributed by atoms with Gasteiger partial charge in [0.15, 0.2) is 0 Å². The Hall–Kier alpha value is -0.530. The maximum atomic E-state index is 6.25. The molecule has 2 N–H and O–H groups in total. The summed E-state index contributed by atoms with van der Waals surface area (Å²) in [6.45, 7) is 0. The van der Waals surface area contributed by atoms with E-state index in [-0.39, 0.29) is 5.54 Å². The largest absolute Gasteiger partial charge is 0.321 e. The molecule has 0 heterocycles. The number of hydrogen-bond donors (Lipinski definition) is 1. The summed E-state index contributed by atoms with van der Waals surface area (Å²) >= 11 is 6.11. The lowest BCUT2D eigenvalue weighted by Gasteiger charge is -2.15. The highest BCUT2D eigenvalue weighted by atomic mass is 35.5. The van der Waals surface area contributed by atoms with E-state index in [1.807, 2.05) is 0 Å². The van der Waals surface area contributed by atoms with Crippen molar-refractivity contribution in [1.29, 1.82) is 0 Å². The van der Waals surface area contributed by atoms with Crippen molar-refractivity contribution in [2.75, 3.05) is 0 Å². The van der Waals surface area contributed by atoms with Crippen molar-refractivity contribution in [3.05, 3.63) is 33.8 Å². The molecule has 2 aliphatic rings. The van der Waals surface area contributed by atoms with Crippen molar-refractivity contribution in [2.45, 2.75) is 37.6 Å². The zero-order chi connectivity index (χ0) is 9.76. The number of benzene rings is 1. The Bertz CT molecular complexity index is 394. The SMILES string of the molecule is NC1(c2cc(Cl)cc3c2CCC3)CC1. The molecule has 0 unspecified atom stereocenters. The Morgan fingerprint density at radius 1 is 1.21 bits per heavy atom. The van der Waals surface area contributed by atoms with Crippen LogP contribution >= 0.6 is 11.6 Å². The minimum absolute atomic E-state index is 0.0284. The molecule has 0 bridgehead atoms. The molecule has 2 heteroatoms. The topological polar surface area (TPSA) is 26.0 Å². The molecule has 1 aromatic carbocycles. The van der Waals surface area contributed by atoms with Crippen LogP contribution in [0.25, 0.3) is 0 Å². The van der Waals surface area contributed by atoms with Crippen molar-refractivity contribution in [1.82, 2.24) is 0 Å². The highest BCUT2D eigenvalue weighted by molar-refractivity contribution is 6.30. The summed E-state index contributed by atoms with van der Waals surface area (Å²) in [6.07, 6.45) is 5.89. The summed E-state index contributed by atoms with van der Waals surface area (Å²) in [5, 5.41) is 0.859. The van der Waals surface area contributed by atoms with E-state index in [1.165, 1.54) is 36.0 Å². The Balaban J connectivity index is 2.19. The molecule has 0 aromatic heterocycles. The van der Waals surface area contributed by atoms with Crippen LogP contribution < -0.4 is 5.73 Å². The van der Waals surface area contributed by atoms with Gasteiger partial charge in [0.25, 0.3) is 0 Å². The lowest BCUT2D eigenvalue weighted by molar-refractivity contribution is 0.727. The van der Waals surface area contributed by atoms with Gasteiger partial charge in [0.1, 0.15) is 0 Å². The molecular weight excluding hydrogens is 194 g/mol. The number of fused-ring (bicyclic) bond motifs is 1. The summed E-state index contributed by atoms with van der Waals surface area (Å²) in [5.74, 6) is 0. The first-order valence-corrected chi connectivity index (χ1v) is 5.67. The van der Waals surface area contributed by atoms with Gasteiger partial charge in [0.2, 0.25) is 0 Å². The highest BCUT2D eigenvalue weighted by Crippen LogP contribution is 2.47. The van der Waals surface area contributed by atoms with E-state index in [2.05, 4.69) is 12.1 Å². The third kappa shape index (κ3) is 1.19. The summed E-state index contributed by atoms with van der Waals surface area (Å²) in [5.41, 5.74) is 10.5. The third-order valence-corrected chi connectivity index (χ3v) is 3.72. The molecule has 0 saturated heterocycles. The van der Waals surface area contributed by atoms with Crippen LogP contribution in [0.1, 0.15) is 36.0 Å². The number of nitrogens with two attached hydrogens (primary N) is 1. The molecule has 0 radical (unpaired) electrons. The molecule has 0 amide bonds. The monoisotopic (exact) mass is 207 g/mol. The second-order valence-corrected chi connectivity index (χ2v) is 5.04. The minimum Gasteiger partial charge on any atom is -0.321 e. The van der Waals surface area contributed by atoms with E-state index in [0.717, 1.165) is 17.9 Å². The van der Waals surface area contributed by atoms with Crippen molar-refractivity contribution in [2.24, 2.45) is 5.73 Å². The predicted molar refractivity (Wildman–Crippen MR) is 58.6 cm³/mol. The number of aryl methyl sites for hydroxylation is 1. The van der Waals surface area contributed by atoms with Gasteiger partial charge in [-0.15, -0.1) is 0 Å². The van der Waals surface area contributed by atoms with Gasteiger partial charge >= 0.3 is 0 Å². The molecule has 0 aliphatic heterocycles. The van der Waals surface area contributed by atoms with Crippen molar-refractivity contribution >= 4 is 11.6 Å². The fourth-order valence-corrected chi connectivity index (χ4v) is 2.76. The second-order valence-electron chi connectivity index (χ2n) is 4.60. The number of rotatable bonds is 1. The normalized spacial score (nSPS) is 22.1. The minimum atomic E-state index is -0.0284. The third-order valence-electron chi connectivity index (χ3n) is 3.51. The zero-order valence-corrected chi connectivity index (χ0v) is 8.90. The molecule has 14 heavy (non-hydrogen) atoms. The molecule has 1 fully saturated rings. The molecule has 1 nitrogen and oxygen atoms in total. The Labute approximate surface area is 89.3 Å². The van der Waals surface area contributed by atoms with E-state index in [9.17, 15) is 0 Å². The smallest absolute Gasteiger partial charge is 0.0414 e. The molecule has 1 aromatic rings. The highest BCUT2D eigenvalue weighted by Gasteiger charge is 2.42. The van der Waals surface area contributed by atoms with E-state index < -0.39 is 0 Å². The summed E-state index contributed by atoms with van der Waals surface area (Å²) in [4.78, 5) is 0. The van der Waals surface area contributed by atoms with Crippen LogP contribution in [0, 0.1) is 0 Å². The second kappa shape index (κ2) is 2.74. The van der Waals surface area contributed by atoms with Gasteiger partial charge in [0.05, 0.1) is 0 Å². The molecule has 1 saturated carbocycles. The van der Waals surface area contributed by atoms with Crippen LogP contribution in [0.4, 0.5) is 0 Å². The number of halogens is 1. The van der Waals surface area contributed by atoms with Crippen molar-refractivity contribution in [3.63, 3.8) is 0 Å². The molecule has 2 aliphatic carbocycles. The van der Waals surface area contributed by atoms with Gasteiger partial charge in [-0.3, -0.25) is 0 Å². The predicted octanol–water partition coefficient (Wildman–Crippen LogP) is 2.78. The van der Waals surface area contributed by atoms with Gasteiger partial charge < -0.3 is 5.73 Å². The van der Waals surface area contributed by atoms with Gasteiger partial charge in [0, 0.05) is 10.6 Å².